The standard InChI is InChI=1S/C38H38N6O5/c1-42(22-25-6-5-9-29-31(25)23-44(38(29)48)32-15-17-34(45)41-37(32)47)26-18-20-43(21-19-26)33-16-14-30(36(39)46)35(40-33)24-10-12-28(13-11-24)49-27-7-3-2-4-8-27/h2-14,16,26,32H,15,17-23H2,1H3,(H2,39,46)(H,41,45,47). The Morgan fingerprint density at radius 2 is 1.65 bits per heavy atom. The van der Waals surface area contributed by atoms with Gasteiger partial charge in [-0.3, -0.25) is 29.4 Å². The number of nitrogens with one attached hydrogen (secondary N) is 1. The van der Waals surface area contributed by atoms with Crippen LogP contribution in [-0.2, 0) is 22.7 Å². The number of piperidine rings is 2. The summed E-state index contributed by atoms with van der Waals surface area (Å²) in [6, 6.07) is 26.1. The van der Waals surface area contributed by atoms with Crippen LogP contribution in [-0.4, -0.2) is 70.6 Å². The van der Waals surface area contributed by atoms with Crippen molar-refractivity contribution in [1.29, 1.82) is 0 Å². The van der Waals surface area contributed by atoms with Gasteiger partial charge in [0.15, 0.2) is 0 Å². The van der Waals surface area contributed by atoms with Gasteiger partial charge < -0.3 is 20.3 Å². The molecule has 7 rings (SSSR count). The predicted octanol–water partition coefficient (Wildman–Crippen LogP) is 4.50. The predicted molar refractivity (Wildman–Crippen MR) is 184 cm³/mol. The van der Waals surface area contributed by atoms with Crippen molar-refractivity contribution in [2.75, 3.05) is 25.0 Å². The first-order valence-corrected chi connectivity index (χ1v) is 16.6. The van der Waals surface area contributed by atoms with Crippen LogP contribution in [0.2, 0.25) is 0 Å². The van der Waals surface area contributed by atoms with Crippen molar-refractivity contribution in [2.45, 2.75) is 50.9 Å². The van der Waals surface area contributed by atoms with Gasteiger partial charge in [0.25, 0.3) is 11.8 Å². The molecule has 3 aromatic carbocycles. The smallest absolute Gasteiger partial charge is 0.255 e. The van der Waals surface area contributed by atoms with Crippen LogP contribution in [0.4, 0.5) is 5.82 Å². The maximum Gasteiger partial charge on any atom is 0.255 e. The van der Waals surface area contributed by atoms with E-state index in [4.69, 9.17) is 15.5 Å². The lowest BCUT2D eigenvalue weighted by Gasteiger charge is -2.37. The topological polar surface area (TPSA) is 138 Å². The highest BCUT2D eigenvalue weighted by Crippen LogP contribution is 2.33. The maximum atomic E-state index is 13.3. The molecule has 4 amide bonds. The Balaban J connectivity index is 1.01. The lowest BCUT2D eigenvalue weighted by Crippen LogP contribution is -2.52. The summed E-state index contributed by atoms with van der Waals surface area (Å²) in [4.78, 5) is 60.9. The molecule has 3 aliphatic rings. The van der Waals surface area contributed by atoms with Crippen molar-refractivity contribution < 1.29 is 23.9 Å². The minimum atomic E-state index is -0.633. The molecule has 4 aromatic rings. The molecule has 0 aliphatic carbocycles. The number of hydrogen-bond acceptors (Lipinski definition) is 8. The van der Waals surface area contributed by atoms with E-state index in [1.165, 1.54) is 0 Å². The number of rotatable bonds is 9. The number of carbonyl (C=O) groups excluding carboxylic acids is 4. The Labute approximate surface area is 284 Å². The van der Waals surface area contributed by atoms with Gasteiger partial charge in [0.2, 0.25) is 11.8 Å². The van der Waals surface area contributed by atoms with Gasteiger partial charge in [-0.05, 0) is 92.0 Å². The first-order chi connectivity index (χ1) is 23.7. The number of nitrogens with zero attached hydrogens (tertiary/aromatic N) is 4. The largest absolute Gasteiger partial charge is 0.457 e. The number of fused-ring (bicyclic) bond motifs is 1. The van der Waals surface area contributed by atoms with Gasteiger partial charge in [0, 0.05) is 49.8 Å². The Hall–Kier alpha value is -5.55. The van der Waals surface area contributed by atoms with Crippen molar-refractivity contribution in [3.8, 4) is 22.8 Å². The number of carbonyl (C=O) groups is 4. The molecule has 0 saturated carbocycles. The van der Waals surface area contributed by atoms with E-state index in [0.717, 1.165) is 54.2 Å². The molecule has 3 aliphatic heterocycles. The summed E-state index contributed by atoms with van der Waals surface area (Å²) in [5.74, 6) is 0.815. The Morgan fingerprint density at radius 1 is 0.918 bits per heavy atom. The molecular formula is C38H38N6O5. The second kappa shape index (κ2) is 13.5. The molecule has 2 fully saturated rings. The molecular weight excluding hydrogens is 620 g/mol. The van der Waals surface area contributed by atoms with E-state index in [1.54, 1.807) is 11.0 Å². The molecule has 49 heavy (non-hydrogen) atoms. The van der Waals surface area contributed by atoms with E-state index in [1.807, 2.05) is 72.8 Å². The fourth-order valence-electron chi connectivity index (χ4n) is 7.08. The molecule has 0 spiro atoms. The number of imide groups is 1. The van der Waals surface area contributed by atoms with Gasteiger partial charge >= 0.3 is 0 Å². The first-order valence-electron chi connectivity index (χ1n) is 16.6. The molecule has 4 heterocycles. The van der Waals surface area contributed by atoms with E-state index in [0.29, 0.717) is 48.1 Å². The number of hydrogen-bond donors (Lipinski definition) is 2. The van der Waals surface area contributed by atoms with Gasteiger partial charge in [-0.1, -0.05) is 30.3 Å². The molecule has 0 bridgehead atoms. The first kappa shape index (κ1) is 32.0. The molecule has 0 radical (unpaired) electrons. The number of ether oxygens (including phenoxy) is 1. The average molecular weight is 659 g/mol. The highest BCUT2D eigenvalue weighted by atomic mass is 16.5. The third-order valence-corrected chi connectivity index (χ3v) is 9.76. The number of primary amides is 1. The van der Waals surface area contributed by atoms with Crippen LogP contribution < -0.4 is 20.7 Å². The summed E-state index contributed by atoms with van der Waals surface area (Å²) in [6.45, 7) is 2.61. The highest BCUT2D eigenvalue weighted by molar-refractivity contribution is 6.05. The van der Waals surface area contributed by atoms with Crippen LogP contribution in [0.25, 0.3) is 11.3 Å². The van der Waals surface area contributed by atoms with Crippen LogP contribution in [0.5, 0.6) is 11.5 Å². The Morgan fingerprint density at radius 3 is 2.37 bits per heavy atom. The summed E-state index contributed by atoms with van der Waals surface area (Å²) < 4.78 is 5.93. The van der Waals surface area contributed by atoms with Gasteiger partial charge in [-0.2, -0.15) is 0 Å². The lowest BCUT2D eigenvalue weighted by molar-refractivity contribution is -0.136. The summed E-state index contributed by atoms with van der Waals surface area (Å²) in [6.07, 6.45) is 2.39. The summed E-state index contributed by atoms with van der Waals surface area (Å²) in [5, 5.41) is 2.37. The monoisotopic (exact) mass is 658 g/mol. The zero-order valence-corrected chi connectivity index (χ0v) is 27.3. The fourth-order valence-corrected chi connectivity index (χ4v) is 7.08. The third kappa shape index (κ3) is 6.62. The number of nitrogens with two attached hydrogens (primary N) is 1. The van der Waals surface area contributed by atoms with Crippen LogP contribution in [0.15, 0.2) is 84.9 Å². The molecule has 250 valence electrons. The minimum Gasteiger partial charge on any atom is -0.457 e. The van der Waals surface area contributed by atoms with Gasteiger partial charge in [-0.25, -0.2) is 4.98 Å². The van der Waals surface area contributed by atoms with E-state index in [2.05, 4.69) is 28.2 Å². The molecule has 1 aromatic heterocycles. The van der Waals surface area contributed by atoms with Crippen molar-refractivity contribution in [2.24, 2.45) is 5.73 Å². The quantitative estimate of drug-likeness (QED) is 0.251. The summed E-state index contributed by atoms with van der Waals surface area (Å²) in [7, 11) is 2.11. The second-order valence-corrected chi connectivity index (χ2v) is 12.8. The summed E-state index contributed by atoms with van der Waals surface area (Å²) in [5.41, 5.74) is 10.1. The summed E-state index contributed by atoms with van der Waals surface area (Å²) >= 11 is 0. The van der Waals surface area contributed by atoms with E-state index < -0.39 is 17.9 Å². The molecule has 3 N–H and O–H groups in total. The number of amides is 4. The van der Waals surface area contributed by atoms with E-state index in [9.17, 15) is 19.2 Å². The second-order valence-electron chi connectivity index (χ2n) is 12.8. The van der Waals surface area contributed by atoms with Gasteiger partial charge in [0.1, 0.15) is 23.4 Å². The molecule has 11 nitrogen and oxygen atoms in total. The number of anilines is 1. The van der Waals surface area contributed by atoms with Crippen molar-refractivity contribution in [3.63, 3.8) is 0 Å². The van der Waals surface area contributed by atoms with Crippen molar-refractivity contribution in [1.82, 2.24) is 20.1 Å². The normalized spacial score (nSPS) is 18.1. The van der Waals surface area contributed by atoms with E-state index >= 15 is 0 Å². The highest BCUT2D eigenvalue weighted by Gasteiger charge is 2.40. The van der Waals surface area contributed by atoms with Crippen molar-refractivity contribution in [3.05, 3.63) is 107 Å². The lowest BCUT2D eigenvalue weighted by atomic mass is 9.99. The number of aromatic nitrogens is 1. The average Bonchev–Trinajstić information content (AvgIpc) is 3.45. The van der Waals surface area contributed by atoms with E-state index in [-0.39, 0.29) is 18.2 Å². The van der Waals surface area contributed by atoms with Crippen LogP contribution in [0, 0.1) is 0 Å². The number of benzene rings is 3. The molecule has 1 unspecified atom stereocenters. The fraction of sp³-hybridized carbons (Fsp3) is 0.289. The van der Waals surface area contributed by atoms with Crippen LogP contribution >= 0.6 is 0 Å². The van der Waals surface area contributed by atoms with Crippen molar-refractivity contribution >= 4 is 29.4 Å². The SMILES string of the molecule is CN(Cc1cccc2c1CN(C1CCC(=O)NC1=O)C2=O)C1CCN(c2ccc(C(N)=O)c(-c3ccc(Oc4ccccc4)cc3)n2)CC1. The zero-order valence-electron chi connectivity index (χ0n) is 27.3. The molecule has 11 heteroatoms. The van der Waals surface area contributed by atoms with Gasteiger partial charge in [-0.15, -0.1) is 0 Å². The van der Waals surface area contributed by atoms with Gasteiger partial charge in [0.05, 0.1) is 11.3 Å². The van der Waals surface area contributed by atoms with Crippen LogP contribution in [0.1, 0.15) is 57.5 Å². The number of pyridine rings is 1. The van der Waals surface area contributed by atoms with Crippen LogP contribution in [0.3, 0.4) is 0 Å². The number of para-hydroxylation sites is 1. The zero-order chi connectivity index (χ0) is 34.1. The third-order valence-electron chi connectivity index (χ3n) is 9.76. The minimum absolute atomic E-state index is 0.159. The molecule has 1 atom stereocenters. The Bertz CT molecular complexity index is 1910. The maximum absolute atomic E-state index is 13.3. The molecule has 2 saturated heterocycles. The Kier molecular flexibility index (Phi) is 8.83.